The third-order valence-corrected chi connectivity index (χ3v) is 21.1. The van der Waals surface area contributed by atoms with Crippen molar-refractivity contribution < 1.29 is 109 Å². The maximum Gasteiger partial charge on any atom is 0.315 e. The van der Waals surface area contributed by atoms with Crippen molar-refractivity contribution in [3.63, 3.8) is 0 Å². The zero-order valence-corrected chi connectivity index (χ0v) is 44.2. The number of aliphatic hydroxyl groups excluding tert-OH is 13. The summed E-state index contributed by atoms with van der Waals surface area (Å²) in [5.41, 5.74) is -1.70. The molecule has 0 radical (unpaired) electrons. The van der Waals surface area contributed by atoms with Crippen molar-refractivity contribution in [2.45, 2.75) is 235 Å². The molecular weight excluding hydrogens is 989 g/mol. The van der Waals surface area contributed by atoms with Crippen molar-refractivity contribution in [1.82, 2.24) is 0 Å². The molecule has 4 aliphatic heterocycles. The van der Waals surface area contributed by atoms with Crippen molar-refractivity contribution in [3.05, 3.63) is 11.6 Å². The van der Waals surface area contributed by atoms with Gasteiger partial charge < -0.3 is 104 Å². The first kappa shape index (κ1) is 58.1. The lowest BCUT2D eigenvalue weighted by atomic mass is 9.33. The predicted molar refractivity (Wildman–Crippen MR) is 257 cm³/mol. The number of allylic oxidation sites excluding steroid dienone is 2. The highest BCUT2D eigenvalue weighted by Gasteiger charge is 2.71. The molecule has 4 heterocycles. The number of esters is 1. The Labute approximate surface area is 437 Å². The molecule has 75 heavy (non-hydrogen) atoms. The van der Waals surface area contributed by atoms with Gasteiger partial charge in [-0.1, -0.05) is 53.2 Å². The molecule has 0 aromatic rings. The number of aliphatic hydroxyl groups is 13. The number of carbonyl (C=O) groups is 1. The van der Waals surface area contributed by atoms with Crippen LogP contribution < -0.4 is 0 Å². The monoisotopic (exact) mass is 1070 g/mol. The second-order valence-corrected chi connectivity index (χ2v) is 25.7. The fraction of sp³-hybridized carbons (Fsp3) is 0.943. The Morgan fingerprint density at radius 2 is 1.27 bits per heavy atom. The van der Waals surface area contributed by atoms with E-state index in [0.717, 1.165) is 25.7 Å². The van der Waals surface area contributed by atoms with Gasteiger partial charge in [0.05, 0.1) is 44.1 Å². The van der Waals surface area contributed by atoms with Crippen molar-refractivity contribution in [2.75, 3.05) is 26.4 Å². The van der Waals surface area contributed by atoms with Crippen LogP contribution in [0.3, 0.4) is 0 Å². The van der Waals surface area contributed by atoms with Crippen LogP contribution in [0.4, 0.5) is 0 Å². The van der Waals surface area contributed by atoms with E-state index in [1.807, 2.05) is 6.92 Å². The first-order chi connectivity index (χ1) is 35.1. The summed E-state index contributed by atoms with van der Waals surface area (Å²) >= 11 is 0. The van der Waals surface area contributed by atoms with Gasteiger partial charge in [0.1, 0.15) is 85.5 Å². The minimum absolute atomic E-state index is 0.0432. The lowest BCUT2D eigenvalue weighted by Crippen LogP contribution is -2.67. The van der Waals surface area contributed by atoms with Crippen LogP contribution in [0.1, 0.15) is 113 Å². The fourth-order valence-corrected chi connectivity index (χ4v) is 16.1. The second-order valence-electron chi connectivity index (χ2n) is 25.7. The molecule has 22 nitrogen and oxygen atoms in total. The lowest BCUT2D eigenvalue weighted by molar-refractivity contribution is -0.365. The normalized spacial score (nSPS) is 54.8. The number of hydrogen-bond donors (Lipinski definition) is 13. The highest BCUT2D eigenvalue weighted by molar-refractivity contribution is 5.79. The molecule has 0 spiro atoms. The van der Waals surface area contributed by atoms with E-state index in [2.05, 4.69) is 40.7 Å². The average molecular weight is 1080 g/mol. The first-order valence-corrected chi connectivity index (χ1v) is 27.3. The Balaban J connectivity index is 0.931. The Bertz CT molecular complexity index is 2060. The zero-order chi connectivity index (χ0) is 54.7. The van der Waals surface area contributed by atoms with E-state index >= 15 is 4.79 Å². The highest BCUT2D eigenvalue weighted by Crippen LogP contribution is 2.76. The molecule has 9 aliphatic rings. The third kappa shape index (κ3) is 9.50. The van der Waals surface area contributed by atoms with Gasteiger partial charge in [-0.15, -0.1) is 0 Å². The van der Waals surface area contributed by atoms with E-state index in [1.165, 1.54) is 12.5 Å². The van der Waals surface area contributed by atoms with E-state index in [1.54, 1.807) is 0 Å². The van der Waals surface area contributed by atoms with Crippen LogP contribution in [-0.4, -0.2) is 222 Å². The van der Waals surface area contributed by atoms with Crippen LogP contribution in [0.2, 0.25) is 0 Å². The predicted octanol–water partition coefficient (Wildman–Crippen LogP) is -1.40. The van der Waals surface area contributed by atoms with E-state index < -0.39 is 153 Å². The van der Waals surface area contributed by atoms with E-state index in [-0.39, 0.29) is 52.6 Å². The zero-order valence-electron chi connectivity index (χ0n) is 44.2. The topological polar surface area (TPSA) is 354 Å². The summed E-state index contributed by atoms with van der Waals surface area (Å²) in [6, 6.07) is 0. The molecule has 9 rings (SSSR count). The molecule has 13 N–H and O–H groups in total. The number of hydrogen-bond acceptors (Lipinski definition) is 22. The smallest absolute Gasteiger partial charge is 0.315 e. The maximum atomic E-state index is 15.1. The van der Waals surface area contributed by atoms with E-state index in [9.17, 15) is 66.4 Å². The summed E-state index contributed by atoms with van der Waals surface area (Å²) in [6.07, 6.45) is -20.8. The summed E-state index contributed by atoms with van der Waals surface area (Å²) < 4.78 is 47.6. The molecule has 0 aromatic carbocycles. The molecule has 4 saturated carbocycles. The molecular formula is C53H86O22. The fourth-order valence-electron chi connectivity index (χ4n) is 16.1. The van der Waals surface area contributed by atoms with Crippen LogP contribution in [0.25, 0.3) is 0 Å². The maximum absolute atomic E-state index is 15.1. The van der Waals surface area contributed by atoms with Crippen molar-refractivity contribution in [2.24, 2.45) is 50.2 Å². The molecule has 22 heteroatoms. The summed E-state index contributed by atoms with van der Waals surface area (Å²) in [7, 11) is 0. The number of rotatable bonds is 11. The molecule has 0 amide bonds. The second kappa shape index (κ2) is 21.1. The molecule has 0 aromatic heterocycles. The molecule has 5 aliphatic carbocycles. The number of ether oxygens (including phenoxy) is 8. The van der Waals surface area contributed by atoms with Gasteiger partial charge in [-0.3, -0.25) is 4.79 Å². The Kier molecular flexibility index (Phi) is 16.3. The summed E-state index contributed by atoms with van der Waals surface area (Å²) in [5.74, 6) is -0.732. The summed E-state index contributed by atoms with van der Waals surface area (Å²) in [5, 5.41) is 139. The van der Waals surface area contributed by atoms with Gasteiger partial charge in [-0.25, -0.2) is 0 Å². The Morgan fingerprint density at radius 3 is 1.95 bits per heavy atom. The molecule has 8 fully saturated rings. The SMILES string of the molecule is C[C@@H]1O[C@@H](O[C@H]2[C@H](O[C@H]3CC[C@@]4(C)[C@@H](CC[C@]5(C)[C@H]4CC=C4[C@H]6CC(C)(C)CC[C@]6(C(=O)O[C@@H]6O[C@H](CO[C@@H]7O[C@H](CO)[C@@H](O)[C@H](O)[C@H]7O)[C@@H](O)[C@H](O)[C@H]6O)CC[C@]45C)[C@]3(C)CO)OC[C@H](O)[C@@H]2O)[C@H](O)[C@H](O)[C@H]1O. The van der Waals surface area contributed by atoms with E-state index in [4.69, 9.17) is 37.9 Å². The number of carbonyl (C=O) groups excluding carboxylic acids is 1. The Hall–Kier alpha value is -1.59. The van der Waals surface area contributed by atoms with Crippen molar-refractivity contribution in [1.29, 1.82) is 0 Å². The highest BCUT2D eigenvalue weighted by atomic mass is 16.8. The molecule has 28 atom stereocenters. The minimum Gasteiger partial charge on any atom is -0.432 e. The van der Waals surface area contributed by atoms with Crippen LogP contribution >= 0.6 is 0 Å². The summed E-state index contributed by atoms with van der Waals surface area (Å²) in [4.78, 5) is 15.1. The third-order valence-electron chi connectivity index (χ3n) is 21.1. The van der Waals surface area contributed by atoms with Crippen LogP contribution in [0, 0.1) is 50.2 Å². The molecule has 0 bridgehead atoms. The van der Waals surface area contributed by atoms with Gasteiger partial charge in [0.25, 0.3) is 0 Å². The summed E-state index contributed by atoms with van der Waals surface area (Å²) in [6.45, 7) is 13.2. The first-order valence-electron chi connectivity index (χ1n) is 27.3. The lowest BCUT2D eigenvalue weighted by Gasteiger charge is -2.71. The van der Waals surface area contributed by atoms with Gasteiger partial charge in [-0.05, 0) is 111 Å². The largest absolute Gasteiger partial charge is 0.432 e. The Morgan fingerprint density at radius 1 is 0.640 bits per heavy atom. The molecule has 0 unspecified atom stereocenters. The van der Waals surface area contributed by atoms with Gasteiger partial charge in [-0.2, -0.15) is 0 Å². The van der Waals surface area contributed by atoms with Gasteiger partial charge in [0, 0.05) is 5.41 Å². The standard InChI is InChI=1S/C53H86O22/c1-23-32(57)36(61)40(65)44(70-23)74-42-33(58)26(56)20-68-46(42)73-31-11-12-49(4)29(50(31,5)22-55)10-13-52(7)30(49)9-8-24-25-18-48(2,3)14-16-53(25,17-15-51(24,52)6)47(67)75-45-41(66)38(63)35(60)28(72-45)21-69-43-39(64)37(62)34(59)27(19-54)71-43/h8,23,25-46,54-66H,9-22H2,1-7H3/t23-,25+,26-,27+,28+,29+,30-,31-,32-,33-,34+,35+,36+,37-,38-,39+,40+,41+,42+,43+,44-,45-,46-,49-,50-,51+,52+,53-/m0/s1. The number of fused-ring (bicyclic) bond motifs is 7. The van der Waals surface area contributed by atoms with Gasteiger partial charge >= 0.3 is 5.97 Å². The van der Waals surface area contributed by atoms with Crippen LogP contribution in [-0.2, 0) is 42.7 Å². The molecule has 430 valence electrons. The van der Waals surface area contributed by atoms with Gasteiger partial charge in [0.15, 0.2) is 18.9 Å². The van der Waals surface area contributed by atoms with Crippen LogP contribution in [0.15, 0.2) is 11.6 Å². The average Bonchev–Trinajstić information content (AvgIpc) is 3.37. The quantitative estimate of drug-likeness (QED) is 0.0643. The minimum atomic E-state index is -1.84. The van der Waals surface area contributed by atoms with Crippen LogP contribution in [0.5, 0.6) is 0 Å². The van der Waals surface area contributed by atoms with Crippen molar-refractivity contribution >= 4 is 5.97 Å². The molecule has 4 saturated heterocycles. The van der Waals surface area contributed by atoms with E-state index in [0.29, 0.717) is 38.5 Å². The van der Waals surface area contributed by atoms with Crippen molar-refractivity contribution in [3.8, 4) is 0 Å². The van der Waals surface area contributed by atoms with Gasteiger partial charge in [0.2, 0.25) is 6.29 Å².